The molecule has 0 aliphatic rings. The van der Waals surface area contributed by atoms with Crippen molar-refractivity contribution in [2.45, 2.75) is 0 Å². The van der Waals surface area contributed by atoms with Gasteiger partial charge in [-0.1, -0.05) is 30.3 Å². The monoisotopic (exact) mass is 469 g/mol. The number of benzene rings is 3. The summed E-state index contributed by atoms with van der Waals surface area (Å²) in [6, 6.07) is 27.1. The van der Waals surface area contributed by atoms with Gasteiger partial charge in [-0.3, -0.25) is 4.79 Å². The van der Waals surface area contributed by atoms with Crippen molar-refractivity contribution in [1.82, 2.24) is 4.98 Å². The number of rotatable bonds is 6. The Bertz CT molecular complexity index is 1190. The molecule has 0 bridgehead atoms. The normalized spacial score (nSPS) is 9.75. The van der Waals surface area contributed by atoms with E-state index in [1.807, 2.05) is 42.5 Å². The molecule has 0 aliphatic heterocycles. The van der Waals surface area contributed by atoms with Crippen LogP contribution in [0.5, 0.6) is 23.1 Å². The predicted octanol–water partition coefficient (Wildman–Crippen LogP) is 5.86. The van der Waals surface area contributed by atoms with Crippen LogP contribution in [0.2, 0.25) is 0 Å². The maximum atomic E-state index is 11.8. The third-order valence-electron chi connectivity index (χ3n) is 4.33. The molecule has 6 nitrogen and oxygen atoms in total. The number of nitrogens with two attached hydrogens (primary N) is 2. The second-order valence-electron chi connectivity index (χ2n) is 6.53. The second-order valence-corrected chi connectivity index (χ2v) is 6.53. The minimum absolute atomic E-state index is 0. The van der Waals surface area contributed by atoms with Gasteiger partial charge in [0.05, 0.1) is 5.69 Å². The number of ether oxygens (including phenoxy) is 2. The van der Waals surface area contributed by atoms with E-state index in [9.17, 15) is 4.79 Å². The van der Waals surface area contributed by atoms with E-state index in [0.717, 1.165) is 11.3 Å². The molecular weight excluding hydrogens is 449 g/mol. The molecule has 3 aromatic carbocycles. The van der Waals surface area contributed by atoms with Gasteiger partial charge in [0.2, 0.25) is 5.88 Å². The Balaban J connectivity index is 0.00000181. The first-order chi connectivity index (χ1) is 14.6. The molecule has 1 amide bonds. The highest BCUT2D eigenvalue weighted by molar-refractivity contribution is 5.95. The van der Waals surface area contributed by atoms with E-state index in [1.165, 1.54) is 0 Å². The van der Waals surface area contributed by atoms with Crippen molar-refractivity contribution in [2.75, 3.05) is 5.73 Å². The van der Waals surface area contributed by atoms with E-state index >= 15 is 0 Å². The summed E-state index contributed by atoms with van der Waals surface area (Å²) in [5, 5.41) is 0. The maximum Gasteiger partial charge on any atom is 0.254 e. The molecule has 1 heterocycles. The fourth-order valence-electron chi connectivity index (χ4n) is 2.88. The van der Waals surface area contributed by atoms with Crippen LogP contribution in [0.4, 0.5) is 5.69 Å². The summed E-state index contributed by atoms with van der Waals surface area (Å²) in [7, 11) is 0. The van der Waals surface area contributed by atoms with Gasteiger partial charge in [-0.25, -0.2) is 4.98 Å². The van der Waals surface area contributed by atoms with Gasteiger partial charge in [0.15, 0.2) is 0 Å². The molecule has 4 aromatic rings. The van der Waals surface area contributed by atoms with Gasteiger partial charge in [-0.2, -0.15) is 0 Å². The quantitative estimate of drug-likeness (QED) is 0.344. The molecule has 164 valence electrons. The largest absolute Gasteiger partial charge is 0.457 e. The number of anilines is 1. The number of nitrogen functional groups attached to an aromatic ring is 1. The second kappa shape index (κ2) is 11.0. The van der Waals surface area contributed by atoms with Gasteiger partial charge in [0.25, 0.3) is 5.91 Å². The lowest BCUT2D eigenvalue weighted by Gasteiger charge is -2.11. The first-order valence-electron chi connectivity index (χ1n) is 9.26. The molecule has 4 N–H and O–H groups in total. The molecule has 0 spiro atoms. The van der Waals surface area contributed by atoms with Crippen LogP contribution in [0, 0.1) is 0 Å². The maximum absolute atomic E-state index is 11.8. The number of primary amides is 1. The first kappa shape index (κ1) is 24.5. The third-order valence-corrected chi connectivity index (χ3v) is 4.33. The zero-order chi connectivity index (χ0) is 20.9. The first-order valence-corrected chi connectivity index (χ1v) is 9.26. The number of carbonyl (C=O) groups excluding carboxylic acids is 1. The van der Waals surface area contributed by atoms with E-state index in [2.05, 4.69) is 4.98 Å². The van der Waals surface area contributed by atoms with Crippen LogP contribution < -0.4 is 20.9 Å². The van der Waals surface area contributed by atoms with Crippen LogP contribution in [-0.2, 0) is 0 Å². The van der Waals surface area contributed by atoms with Gasteiger partial charge in [-0.05, 0) is 60.7 Å². The summed E-state index contributed by atoms with van der Waals surface area (Å²) in [4.78, 5) is 16.3. The Morgan fingerprint density at radius 3 is 1.97 bits per heavy atom. The Hall–Kier alpha value is -3.74. The molecule has 0 fully saturated rings. The van der Waals surface area contributed by atoms with Crippen molar-refractivity contribution in [3.05, 3.63) is 96.6 Å². The highest BCUT2D eigenvalue weighted by Gasteiger charge is 2.14. The fourth-order valence-corrected chi connectivity index (χ4v) is 2.88. The number of hydrogen-bond acceptors (Lipinski definition) is 5. The Morgan fingerprint density at radius 1 is 0.719 bits per heavy atom. The lowest BCUT2D eigenvalue weighted by molar-refractivity contribution is 0.0997. The minimum Gasteiger partial charge on any atom is -0.457 e. The lowest BCUT2D eigenvalue weighted by atomic mass is 10.1. The summed E-state index contributed by atoms with van der Waals surface area (Å²) < 4.78 is 11.6. The standard InChI is InChI=1S/C24H19N3O3.2ClH/c25-17-6-4-5-16(15-17)22-14-13-21(23(26)28)24(27-22)30-20-11-9-19(10-12-20)29-18-7-2-1-3-8-18;;/h1-15H,25H2,(H2,26,28);2*1H. The molecule has 0 radical (unpaired) electrons. The summed E-state index contributed by atoms with van der Waals surface area (Å²) >= 11 is 0. The zero-order valence-corrected chi connectivity index (χ0v) is 18.4. The van der Waals surface area contributed by atoms with Gasteiger partial charge in [-0.15, -0.1) is 24.8 Å². The molecular formula is C24H21Cl2N3O3. The number of pyridine rings is 1. The SMILES string of the molecule is Cl.Cl.NC(=O)c1ccc(-c2cccc(N)c2)nc1Oc1ccc(Oc2ccccc2)cc1. The number of halogens is 2. The van der Waals surface area contributed by atoms with Crippen LogP contribution in [-0.4, -0.2) is 10.9 Å². The molecule has 1 aromatic heterocycles. The van der Waals surface area contributed by atoms with E-state index in [1.54, 1.807) is 48.5 Å². The van der Waals surface area contributed by atoms with Crippen molar-refractivity contribution in [2.24, 2.45) is 5.73 Å². The van der Waals surface area contributed by atoms with Crippen LogP contribution in [0.25, 0.3) is 11.3 Å². The summed E-state index contributed by atoms with van der Waals surface area (Å²) in [6.07, 6.45) is 0. The topological polar surface area (TPSA) is 100 Å². The van der Waals surface area contributed by atoms with Crippen molar-refractivity contribution in [1.29, 1.82) is 0 Å². The van der Waals surface area contributed by atoms with Crippen molar-refractivity contribution >= 4 is 36.4 Å². The summed E-state index contributed by atoms with van der Waals surface area (Å²) in [5.41, 5.74) is 13.6. The van der Waals surface area contributed by atoms with Crippen molar-refractivity contribution in [3.8, 4) is 34.4 Å². The highest BCUT2D eigenvalue weighted by atomic mass is 35.5. The van der Waals surface area contributed by atoms with E-state index in [0.29, 0.717) is 22.9 Å². The average molecular weight is 470 g/mol. The number of aromatic nitrogens is 1. The van der Waals surface area contributed by atoms with Crippen LogP contribution in [0.3, 0.4) is 0 Å². The van der Waals surface area contributed by atoms with Gasteiger partial charge in [0, 0.05) is 11.3 Å². The average Bonchev–Trinajstić information content (AvgIpc) is 2.76. The summed E-state index contributed by atoms with van der Waals surface area (Å²) in [6.45, 7) is 0. The molecule has 4 rings (SSSR count). The minimum atomic E-state index is -0.624. The number of hydrogen-bond donors (Lipinski definition) is 2. The van der Waals surface area contributed by atoms with Gasteiger partial charge in [0.1, 0.15) is 22.8 Å². The summed E-state index contributed by atoms with van der Waals surface area (Å²) in [5.74, 6) is 1.39. The number of nitrogens with zero attached hydrogens (tertiary/aromatic N) is 1. The lowest BCUT2D eigenvalue weighted by Crippen LogP contribution is -2.13. The van der Waals surface area contributed by atoms with Gasteiger partial charge >= 0.3 is 0 Å². The smallest absolute Gasteiger partial charge is 0.254 e. The number of carbonyl (C=O) groups is 1. The zero-order valence-electron chi connectivity index (χ0n) is 16.8. The molecule has 0 saturated heterocycles. The highest BCUT2D eigenvalue weighted by Crippen LogP contribution is 2.30. The molecule has 32 heavy (non-hydrogen) atoms. The Labute approximate surface area is 198 Å². The van der Waals surface area contributed by atoms with Crippen molar-refractivity contribution in [3.63, 3.8) is 0 Å². The van der Waals surface area contributed by atoms with Crippen LogP contribution in [0.1, 0.15) is 10.4 Å². The van der Waals surface area contributed by atoms with Crippen molar-refractivity contribution < 1.29 is 14.3 Å². The molecule has 0 aliphatic carbocycles. The van der Waals surface area contributed by atoms with E-state index in [4.69, 9.17) is 20.9 Å². The van der Waals surface area contributed by atoms with Crippen LogP contribution in [0.15, 0.2) is 91.0 Å². The number of amides is 1. The molecule has 8 heteroatoms. The predicted molar refractivity (Wildman–Crippen MR) is 130 cm³/mol. The number of para-hydroxylation sites is 1. The molecule has 0 atom stereocenters. The van der Waals surface area contributed by atoms with E-state index in [-0.39, 0.29) is 36.3 Å². The fraction of sp³-hybridized carbons (Fsp3) is 0. The Kier molecular flexibility index (Phi) is 8.46. The third kappa shape index (κ3) is 5.91. The van der Waals surface area contributed by atoms with Crippen LogP contribution >= 0.6 is 24.8 Å². The molecule has 0 unspecified atom stereocenters. The molecule has 0 saturated carbocycles. The van der Waals surface area contributed by atoms with E-state index < -0.39 is 5.91 Å². The Morgan fingerprint density at radius 2 is 1.34 bits per heavy atom. The van der Waals surface area contributed by atoms with Gasteiger partial charge < -0.3 is 20.9 Å².